The summed E-state index contributed by atoms with van der Waals surface area (Å²) >= 11 is 1.77. The minimum absolute atomic E-state index is 0.0538. The number of hydrogen-bond acceptors (Lipinski definition) is 3. The van der Waals surface area contributed by atoms with Crippen molar-refractivity contribution < 1.29 is 9.59 Å². The molecule has 0 saturated heterocycles. The lowest BCUT2D eigenvalue weighted by Crippen LogP contribution is -2.42. The summed E-state index contributed by atoms with van der Waals surface area (Å²) in [6.45, 7) is 2.25. The van der Waals surface area contributed by atoms with Crippen molar-refractivity contribution in [3.8, 4) is 0 Å². The van der Waals surface area contributed by atoms with Gasteiger partial charge in [0.05, 0.1) is 18.5 Å². The largest absolute Gasteiger partial charge is 0.331 e. The quantitative estimate of drug-likeness (QED) is 0.576. The lowest BCUT2D eigenvalue weighted by atomic mass is 9.90. The molecule has 31 heavy (non-hydrogen) atoms. The van der Waals surface area contributed by atoms with Crippen molar-refractivity contribution >= 4 is 29.2 Å². The standard InChI is InChI=1S/C26H24N2O2S/c1-18(29)27-14-11-19-7-5-6-10-21(19)23(27)17-25(30)28-15-12-24-22(13-16-31-24)26(28)20-8-3-2-4-9-20/h2-11,13-14,16,23,26H,12,15,17H2,1H3/t23-,26-/m1/s1. The third-order valence-electron chi connectivity index (χ3n) is 6.24. The zero-order valence-corrected chi connectivity index (χ0v) is 18.2. The number of nitrogens with zero attached hydrogens (tertiary/aromatic N) is 2. The van der Waals surface area contributed by atoms with E-state index in [1.807, 2.05) is 59.6 Å². The van der Waals surface area contributed by atoms with Gasteiger partial charge in [0, 0.05) is 24.5 Å². The smallest absolute Gasteiger partial charge is 0.225 e. The van der Waals surface area contributed by atoms with E-state index in [-0.39, 0.29) is 30.3 Å². The predicted molar refractivity (Wildman–Crippen MR) is 123 cm³/mol. The first-order valence-electron chi connectivity index (χ1n) is 10.6. The molecule has 5 rings (SSSR count). The molecule has 4 nitrogen and oxygen atoms in total. The maximum Gasteiger partial charge on any atom is 0.225 e. The van der Waals surface area contributed by atoms with E-state index >= 15 is 0 Å². The highest BCUT2D eigenvalue weighted by molar-refractivity contribution is 7.10. The molecule has 0 N–H and O–H groups in total. The Balaban J connectivity index is 1.49. The Morgan fingerprint density at radius 2 is 1.77 bits per heavy atom. The zero-order chi connectivity index (χ0) is 21.4. The van der Waals surface area contributed by atoms with Gasteiger partial charge in [0.1, 0.15) is 0 Å². The third-order valence-corrected chi connectivity index (χ3v) is 7.24. The summed E-state index contributed by atoms with van der Waals surface area (Å²) in [5, 5.41) is 2.12. The molecular formula is C26H24N2O2S. The summed E-state index contributed by atoms with van der Waals surface area (Å²) in [5.74, 6) is 0.0222. The molecule has 0 radical (unpaired) electrons. The van der Waals surface area contributed by atoms with Crippen LogP contribution in [0, 0.1) is 0 Å². The highest BCUT2D eigenvalue weighted by Crippen LogP contribution is 2.40. The molecular weight excluding hydrogens is 404 g/mol. The summed E-state index contributed by atoms with van der Waals surface area (Å²) in [5.41, 5.74) is 4.44. The molecule has 0 aliphatic carbocycles. The molecule has 0 saturated carbocycles. The number of benzene rings is 2. The van der Waals surface area contributed by atoms with Crippen molar-refractivity contribution in [2.75, 3.05) is 6.54 Å². The van der Waals surface area contributed by atoms with Crippen molar-refractivity contribution in [3.05, 3.63) is 99.4 Å². The first kappa shape index (κ1) is 19.8. The van der Waals surface area contributed by atoms with E-state index in [4.69, 9.17) is 0 Å². The molecule has 2 aliphatic heterocycles. The Kier molecular flexibility index (Phi) is 5.20. The van der Waals surface area contributed by atoms with Gasteiger partial charge in [0.25, 0.3) is 0 Å². The van der Waals surface area contributed by atoms with E-state index in [0.29, 0.717) is 6.54 Å². The molecule has 1 aromatic heterocycles. The first-order valence-corrected chi connectivity index (χ1v) is 11.5. The number of amides is 2. The summed E-state index contributed by atoms with van der Waals surface area (Å²) in [6.07, 6.45) is 4.90. The van der Waals surface area contributed by atoms with Crippen molar-refractivity contribution in [2.24, 2.45) is 0 Å². The van der Waals surface area contributed by atoms with Gasteiger partial charge in [0.15, 0.2) is 0 Å². The van der Waals surface area contributed by atoms with Crippen LogP contribution in [0.4, 0.5) is 0 Å². The maximum absolute atomic E-state index is 13.7. The lowest BCUT2D eigenvalue weighted by Gasteiger charge is -2.39. The molecule has 0 fully saturated rings. The van der Waals surface area contributed by atoms with E-state index < -0.39 is 0 Å². The SMILES string of the molecule is CC(=O)N1C=Cc2ccccc2[C@H]1CC(=O)N1CCc2sccc2[C@H]1c1ccccc1. The van der Waals surface area contributed by atoms with Gasteiger partial charge in [-0.3, -0.25) is 9.59 Å². The van der Waals surface area contributed by atoms with E-state index in [1.54, 1.807) is 23.2 Å². The number of carbonyl (C=O) groups excluding carboxylic acids is 2. The average molecular weight is 429 g/mol. The Labute approximate surface area is 186 Å². The number of carbonyl (C=O) groups is 2. The first-order chi connectivity index (χ1) is 15.1. The third kappa shape index (κ3) is 3.59. The van der Waals surface area contributed by atoms with Crippen molar-refractivity contribution in [3.63, 3.8) is 0 Å². The number of rotatable bonds is 3. The fourth-order valence-electron chi connectivity index (χ4n) is 4.78. The second-order valence-corrected chi connectivity index (χ2v) is 9.04. The van der Waals surface area contributed by atoms with Gasteiger partial charge in [0.2, 0.25) is 11.8 Å². The second kappa shape index (κ2) is 8.16. The van der Waals surface area contributed by atoms with E-state index in [9.17, 15) is 9.59 Å². The zero-order valence-electron chi connectivity index (χ0n) is 17.4. The second-order valence-electron chi connectivity index (χ2n) is 8.04. The van der Waals surface area contributed by atoms with Crippen LogP contribution < -0.4 is 0 Å². The predicted octanol–water partition coefficient (Wildman–Crippen LogP) is 5.19. The Hall–Kier alpha value is -3.18. The number of fused-ring (bicyclic) bond motifs is 2. The highest BCUT2D eigenvalue weighted by Gasteiger charge is 2.36. The molecule has 2 aliphatic rings. The highest BCUT2D eigenvalue weighted by atomic mass is 32.1. The van der Waals surface area contributed by atoms with Crippen LogP contribution in [-0.2, 0) is 16.0 Å². The van der Waals surface area contributed by atoms with Gasteiger partial charge in [-0.1, -0.05) is 54.6 Å². The van der Waals surface area contributed by atoms with Crippen LogP contribution >= 0.6 is 11.3 Å². The summed E-state index contributed by atoms with van der Waals surface area (Å²) in [6, 6.07) is 20.0. The summed E-state index contributed by atoms with van der Waals surface area (Å²) < 4.78 is 0. The topological polar surface area (TPSA) is 40.6 Å². The van der Waals surface area contributed by atoms with Crippen LogP contribution in [0.2, 0.25) is 0 Å². The van der Waals surface area contributed by atoms with Crippen molar-refractivity contribution in [1.82, 2.24) is 9.80 Å². The van der Waals surface area contributed by atoms with Gasteiger partial charge in [-0.25, -0.2) is 0 Å². The minimum atomic E-state index is -0.286. The molecule has 2 atom stereocenters. The fourth-order valence-corrected chi connectivity index (χ4v) is 5.68. The average Bonchev–Trinajstić information content (AvgIpc) is 3.28. The molecule has 0 bridgehead atoms. The molecule has 2 amide bonds. The summed E-state index contributed by atoms with van der Waals surface area (Å²) in [7, 11) is 0. The fraction of sp³-hybridized carbons (Fsp3) is 0.231. The Morgan fingerprint density at radius 3 is 2.58 bits per heavy atom. The lowest BCUT2D eigenvalue weighted by molar-refractivity contribution is -0.136. The molecule has 2 aromatic carbocycles. The van der Waals surface area contributed by atoms with Gasteiger partial charge < -0.3 is 9.80 Å². The van der Waals surface area contributed by atoms with E-state index in [1.165, 1.54) is 10.4 Å². The van der Waals surface area contributed by atoms with Crippen LogP contribution in [0.5, 0.6) is 0 Å². The van der Waals surface area contributed by atoms with Crippen molar-refractivity contribution in [2.45, 2.75) is 31.8 Å². The molecule has 0 unspecified atom stereocenters. The number of thiophene rings is 1. The minimum Gasteiger partial charge on any atom is -0.331 e. The number of hydrogen-bond donors (Lipinski definition) is 0. The van der Waals surface area contributed by atoms with Crippen LogP contribution in [-0.4, -0.2) is 28.2 Å². The van der Waals surface area contributed by atoms with Crippen LogP contribution in [0.25, 0.3) is 6.08 Å². The van der Waals surface area contributed by atoms with Gasteiger partial charge in [-0.05, 0) is 46.2 Å². The summed E-state index contributed by atoms with van der Waals surface area (Å²) in [4.78, 5) is 31.1. The normalized spacial score (nSPS) is 19.6. The van der Waals surface area contributed by atoms with E-state index in [2.05, 4.69) is 23.6 Å². The molecule has 3 heterocycles. The van der Waals surface area contributed by atoms with Crippen LogP contribution in [0.3, 0.4) is 0 Å². The van der Waals surface area contributed by atoms with Crippen LogP contribution in [0.1, 0.15) is 52.6 Å². The van der Waals surface area contributed by atoms with Crippen LogP contribution in [0.15, 0.2) is 72.2 Å². The molecule has 156 valence electrons. The van der Waals surface area contributed by atoms with Gasteiger partial charge in [-0.2, -0.15) is 0 Å². The molecule has 0 spiro atoms. The monoisotopic (exact) mass is 428 g/mol. The Morgan fingerprint density at radius 1 is 1.00 bits per heavy atom. The van der Waals surface area contributed by atoms with E-state index in [0.717, 1.165) is 23.1 Å². The molecule has 5 heteroatoms. The molecule has 3 aromatic rings. The van der Waals surface area contributed by atoms with Gasteiger partial charge >= 0.3 is 0 Å². The maximum atomic E-state index is 13.7. The Bertz CT molecular complexity index is 1150. The van der Waals surface area contributed by atoms with Gasteiger partial charge in [-0.15, -0.1) is 11.3 Å². The van der Waals surface area contributed by atoms with Crippen molar-refractivity contribution in [1.29, 1.82) is 0 Å².